The van der Waals surface area contributed by atoms with E-state index < -0.39 is 0 Å². The maximum Gasteiger partial charge on any atom is 0.0869 e. The Morgan fingerprint density at radius 3 is 2.84 bits per heavy atom. The molecule has 2 aromatic heterocycles. The molecule has 96 valence electrons. The highest BCUT2D eigenvalue weighted by Gasteiger charge is 2.10. The number of aromatic nitrogens is 2. The third-order valence-electron chi connectivity index (χ3n) is 3.36. The Bertz CT molecular complexity index is 746. The molecule has 0 unspecified atom stereocenters. The van der Waals surface area contributed by atoms with Crippen LogP contribution in [0.2, 0.25) is 0 Å². The van der Waals surface area contributed by atoms with Gasteiger partial charge in [-0.05, 0) is 35.9 Å². The maximum atomic E-state index is 5.69. The normalized spacial score (nSPS) is 11.1. The minimum atomic E-state index is 0.531. The molecule has 0 aliphatic carbocycles. The first kappa shape index (κ1) is 12.4. The highest BCUT2D eigenvalue weighted by atomic mass is 79.9. The molecule has 0 aliphatic heterocycles. The van der Waals surface area contributed by atoms with Crippen molar-refractivity contribution < 1.29 is 0 Å². The molecule has 0 aliphatic rings. The van der Waals surface area contributed by atoms with Crippen LogP contribution in [0.1, 0.15) is 5.56 Å². The summed E-state index contributed by atoms with van der Waals surface area (Å²) < 4.78 is 3.25. The second kappa shape index (κ2) is 4.79. The topological polar surface area (TPSA) is 43.8 Å². The summed E-state index contributed by atoms with van der Waals surface area (Å²) in [6, 6.07) is 12.3. The zero-order valence-corrected chi connectivity index (χ0v) is 12.2. The first-order valence-corrected chi connectivity index (χ1v) is 6.89. The van der Waals surface area contributed by atoms with E-state index in [-0.39, 0.29) is 0 Å². The van der Waals surface area contributed by atoms with Gasteiger partial charge in [0.2, 0.25) is 0 Å². The number of fused-ring (bicyclic) bond motifs is 1. The molecule has 2 N–H and O–H groups in total. The number of halogens is 1. The largest absolute Gasteiger partial charge is 0.342 e. The van der Waals surface area contributed by atoms with E-state index in [1.807, 2.05) is 24.4 Å². The van der Waals surface area contributed by atoms with Gasteiger partial charge in [-0.2, -0.15) is 0 Å². The van der Waals surface area contributed by atoms with Gasteiger partial charge in [0.25, 0.3) is 0 Å². The van der Waals surface area contributed by atoms with Crippen LogP contribution in [-0.2, 0) is 13.6 Å². The molecule has 3 rings (SSSR count). The molecule has 1 aromatic carbocycles. The number of nitrogens with zero attached hydrogens (tertiary/aromatic N) is 2. The molecule has 0 saturated heterocycles. The van der Waals surface area contributed by atoms with E-state index in [1.54, 1.807) is 0 Å². The van der Waals surface area contributed by atoms with Crippen molar-refractivity contribution >= 4 is 26.8 Å². The molecule has 0 amide bonds. The minimum absolute atomic E-state index is 0.531. The Balaban J connectivity index is 2.25. The van der Waals surface area contributed by atoms with E-state index in [0.717, 1.165) is 21.4 Å². The lowest BCUT2D eigenvalue weighted by atomic mass is 10.2. The highest BCUT2D eigenvalue weighted by Crippen LogP contribution is 2.31. The molecular formula is C15H14BrN3. The Morgan fingerprint density at radius 1 is 1.26 bits per heavy atom. The second-order valence-electron chi connectivity index (χ2n) is 4.51. The van der Waals surface area contributed by atoms with Crippen molar-refractivity contribution in [3.63, 3.8) is 0 Å². The van der Waals surface area contributed by atoms with Gasteiger partial charge in [-0.25, -0.2) is 0 Å². The van der Waals surface area contributed by atoms with Crippen LogP contribution in [0.15, 0.2) is 47.1 Å². The summed E-state index contributed by atoms with van der Waals surface area (Å²) in [5, 5.41) is 1.19. The lowest BCUT2D eigenvalue weighted by Crippen LogP contribution is -1.98. The average molecular weight is 316 g/mol. The Hall–Kier alpha value is -1.65. The summed E-state index contributed by atoms with van der Waals surface area (Å²) in [5.74, 6) is 0. The summed E-state index contributed by atoms with van der Waals surface area (Å²) in [5.41, 5.74) is 10.0. The van der Waals surface area contributed by atoms with Crippen LogP contribution >= 0.6 is 15.9 Å². The number of hydrogen-bond acceptors (Lipinski definition) is 2. The van der Waals surface area contributed by atoms with Crippen molar-refractivity contribution in [1.29, 1.82) is 0 Å². The number of rotatable bonds is 2. The fourth-order valence-electron chi connectivity index (χ4n) is 2.31. The van der Waals surface area contributed by atoms with Crippen molar-refractivity contribution in [2.75, 3.05) is 0 Å². The van der Waals surface area contributed by atoms with Gasteiger partial charge in [0.1, 0.15) is 0 Å². The Kier molecular flexibility index (Phi) is 3.12. The van der Waals surface area contributed by atoms with Crippen molar-refractivity contribution in [3.05, 3.63) is 52.6 Å². The second-order valence-corrected chi connectivity index (χ2v) is 5.37. The van der Waals surface area contributed by atoms with Gasteiger partial charge in [0, 0.05) is 35.2 Å². The lowest BCUT2D eigenvalue weighted by Gasteiger charge is -2.05. The quantitative estimate of drug-likeness (QED) is 0.787. The van der Waals surface area contributed by atoms with Crippen molar-refractivity contribution in [1.82, 2.24) is 9.55 Å². The molecule has 0 atom stereocenters. The number of hydrogen-bond donors (Lipinski definition) is 1. The predicted molar refractivity (Wildman–Crippen MR) is 81.7 cm³/mol. The standard InChI is InChI=1S/C15H14BrN3/c1-19-14-4-2-3-12(16)11(14)8-15(19)13-7-10(9-17)5-6-18-13/h2-8H,9,17H2,1H3. The summed E-state index contributed by atoms with van der Waals surface area (Å²) in [6.07, 6.45) is 1.81. The van der Waals surface area contributed by atoms with Crippen LogP contribution < -0.4 is 5.73 Å². The first-order chi connectivity index (χ1) is 9.20. The number of nitrogens with two attached hydrogens (primary N) is 1. The fourth-order valence-corrected chi connectivity index (χ4v) is 2.78. The number of pyridine rings is 1. The van der Waals surface area contributed by atoms with Gasteiger partial charge in [-0.3, -0.25) is 4.98 Å². The third kappa shape index (κ3) is 2.07. The monoisotopic (exact) mass is 315 g/mol. The van der Waals surface area contributed by atoms with Gasteiger partial charge in [-0.1, -0.05) is 22.0 Å². The van der Waals surface area contributed by atoms with Crippen molar-refractivity contribution in [2.45, 2.75) is 6.54 Å². The zero-order chi connectivity index (χ0) is 13.4. The van der Waals surface area contributed by atoms with Gasteiger partial charge in [0.05, 0.1) is 11.4 Å². The van der Waals surface area contributed by atoms with Crippen molar-refractivity contribution in [3.8, 4) is 11.4 Å². The van der Waals surface area contributed by atoms with E-state index in [2.05, 4.69) is 50.7 Å². The third-order valence-corrected chi connectivity index (χ3v) is 4.05. The summed E-state index contributed by atoms with van der Waals surface area (Å²) in [6.45, 7) is 0.531. The van der Waals surface area contributed by atoms with Crippen LogP contribution in [0.5, 0.6) is 0 Å². The molecule has 3 aromatic rings. The van der Waals surface area contributed by atoms with E-state index in [1.165, 1.54) is 10.9 Å². The Morgan fingerprint density at radius 2 is 2.11 bits per heavy atom. The van der Waals surface area contributed by atoms with Gasteiger partial charge >= 0.3 is 0 Å². The van der Waals surface area contributed by atoms with Crippen LogP contribution in [0.25, 0.3) is 22.3 Å². The summed E-state index contributed by atoms with van der Waals surface area (Å²) in [7, 11) is 2.06. The van der Waals surface area contributed by atoms with Gasteiger partial charge < -0.3 is 10.3 Å². The highest BCUT2D eigenvalue weighted by molar-refractivity contribution is 9.10. The molecular weight excluding hydrogens is 302 g/mol. The zero-order valence-electron chi connectivity index (χ0n) is 10.6. The maximum absolute atomic E-state index is 5.69. The average Bonchev–Trinajstić information content (AvgIpc) is 2.78. The molecule has 3 nitrogen and oxygen atoms in total. The molecule has 0 fully saturated rings. The molecule has 19 heavy (non-hydrogen) atoms. The van der Waals surface area contributed by atoms with Crippen LogP contribution in [0.3, 0.4) is 0 Å². The molecule has 0 spiro atoms. The van der Waals surface area contributed by atoms with Crippen LogP contribution in [0.4, 0.5) is 0 Å². The SMILES string of the molecule is Cn1c(-c2cc(CN)ccn2)cc2c(Br)cccc21. The molecule has 0 radical (unpaired) electrons. The first-order valence-electron chi connectivity index (χ1n) is 6.10. The Labute approximate surface area is 120 Å². The molecule has 0 bridgehead atoms. The minimum Gasteiger partial charge on any atom is -0.342 e. The van der Waals surface area contributed by atoms with E-state index in [9.17, 15) is 0 Å². The molecule has 4 heteroatoms. The van der Waals surface area contributed by atoms with Gasteiger partial charge in [-0.15, -0.1) is 0 Å². The van der Waals surface area contributed by atoms with Crippen molar-refractivity contribution in [2.24, 2.45) is 12.8 Å². The summed E-state index contributed by atoms with van der Waals surface area (Å²) in [4.78, 5) is 4.45. The molecule has 2 heterocycles. The van der Waals surface area contributed by atoms with Crippen LogP contribution in [0, 0.1) is 0 Å². The van der Waals surface area contributed by atoms with E-state index in [0.29, 0.717) is 6.54 Å². The number of aryl methyl sites for hydroxylation is 1. The molecule has 0 saturated carbocycles. The predicted octanol–water partition coefficient (Wildman–Crippen LogP) is 3.46. The number of benzene rings is 1. The van der Waals surface area contributed by atoms with Gasteiger partial charge in [0.15, 0.2) is 0 Å². The lowest BCUT2D eigenvalue weighted by molar-refractivity contribution is 0.966. The van der Waals surface area contributed by atoms with Crippen LogP contribution in [-0.4, -0.2) is 9.55 Å². The van der Waals surface area contributed by atoms with E-state index in [4.69, 9.17) is 5.73 Å². The smallest absolute Gasteiger partial charge is 0.0869 e. The fraction of sp³-hybridized carbons (Fsp3) is 0.133. The summed E-state index contributed by atoms with van der Waals surface area (Å²) >= 11 is 3.59. The van der Waals surface area contributed by atoms with E-state index >= 15 is 0 Å².